The Labute approximate surface area is 139 Å². The molecule has 3 N–H and O–H groups in total. The minimum atomic E-state index is -0.319. The Morgan fingerprint density at radius 1 is 1.25 bits per heavy atom. The fraction of sp³-hybridized carbons (Fsp3) is 0.222. The number of benzene rings is 1. The van der Waals surface area contributed by atoms with E-state index in [1.165, 1.54) is 11.8 Å². The number of nitrogen functional groups attached to an aromatic ring is 1. The van der Waals surface area contributed by atoms with E-state index in [1.54, 1.807) is 12.1 Å². The zero-order valence-electron chi connectivity index (χ0n) is 13.4. The van der Waals surface area contributed by atoms with E-state index < -0.39 is 0 Å². The number of nitrogens with two attached hydrogens (primary N) is 1. The Kier molecular flexibility index (Phi) is 4.65. The summed E-state index contributed by atoms with van der Waals surface area (Å²) in [6.45, 7) is 2.65. The fourth-order valence-corrected chi connectivity index (χ4v) is 2.54. The molecule has 2 heterocycles. The summed E-state index contributed by atoms with van der Waals surface area (Å²) >= 11 is 0. The zero-order valence-corrected chi connectivity index (χ0v) is 13.4. The quantitative estimate of drug-likeness (QED) is 0.724. The molecule has 3 rings (SSSR count). The van der Waals surface area contributed by atoms with Gasteiger partial charge in [0.1, 0.15) is 5.56 Å². The monoisotopic (exact) mass is 325 g/mol. The summed E-state index contributed by atoms with van der Waals surface area (Å²) in [5.41, 5.74) is 7.50. The zero-order chi connectivity index (χ0) is 16.9. The van der Waals surface area contributed by atoms with Crippen LogP contribution in [0.25, 0.3) is 11.5 Å². The van der Waals surface area contributed by atoms with E-state index in [-0.39, 0.29) is 17.4 Å². The van der Waals surface area contributed by atoms with Gasteiger partial charge in [0.25, 0.3) is 5.91 Å². The van der Waals surface area contributed by atoms with E-state index in [1.807, 2.05) is 18.2 Å². The summed E-state index contributed by atoms with van der Waals surface area (Å²) in [6, 6.07) is 13.6. The molecule has 6 nitrogen and oxygen atoms in total. The van der Waals surface area contributed by atoms with Gasteiger partial charge in [-0.05, 0) is 30.0 Å². The highest BCUT2D eigenvalue weighted by Gasteiger charge is 2.23. The number of rotatable bonds is 6. The van der Waals surface area contributed by atoms with E-state index in [2.05, 4.69) is 29.5 Å². The van der Waals surface area contributed by atoms with Gasteiger partial charge in [0.05, 0.1) is 6.26 Å². The Morgan fingerprint density at radius 2 is 2.04 bits per heavy atom. The van der Waals surface area contributed by atoms with E-state index in [4.69, 9.17) is 14.7 Å². The lowest BCUT2D eigenvalue weighted by Crippen LogP contribution is -2.26. The summed E-state index contributed by atoms with van der Waals surface area (Å²) in [6.07, 6.45) is 2.32. The van der Waals surface area contributed by atoms with Crippen LogP contribution in [0, 0.1) is 0 Å². The third kappa shape index (κ3) is 3.32. The number of hydrogen-bond acceptors (Lipinski definition) is 5. The van der Waals surface area contributed by atoms with Crippen LogP contribution in [-0.2, 0) is 0 Å². The van der Waals surface area contributed by atoms with Crippen LogP contribution in [0.2, 0.25) is 0 Å². The molecular formula is C18H19N3O3. The SMILES string of the molecule is CC(CCNC(=O)c1c(-c2ccco2)noc1N)c1ccccc1. The molecule has 0 saturated heterocycles. The molecule has 0 saturated carbocycles. The molecule has 0 aliphatic carbocycles. The van der Waals surface area contributed by atoms with Crippen LogP contribution < -0.4 is 11.1 Å². The molecule has 0 aliphatic heterocycles. The highest BCUT2D eigenvalue weighted by Crippen LogP contribution is 2.27. The second-order valence-corrected chi connectivity index (χ2v) is 5.60. The Bertz CT molecular complexity index is 794. The number of hydrogen-bond donors (Lipinski definition) is 2. The molecule has 24 heavy (non-hydrogen) atoms. The molecule has 0 aliphatic rings. The highest BCUT2D eigenvalue weighted by molar-refractivity contribution is 6.03. The van der Waals surface area contributed by atoms with Crippen molar-refractivity contribution in [3.8, 4) is 11.5 Å². The van der Waals surface area contributed by atoms with Crippen LogP contribution >= 0.6 is 0 Å². The van der Waals surface area contributed by atoms with Crippen molar-refractivity contribution in [2.45, 2.75) is 19.3 Å². The van der Waals surface area contributed by atoms with Crippen LogP contribution in [0.5, 0.6) is 0 Å². The van der Waals surface area contributed by atoms with Gasteiger partial charge in [0.15, 0.2) is 11.5 Å². The third-order valence-corrected chi connectivity index (χ3v) is 3.93. The lowest BCUT2D eigenvalue weighted by molar-refractivity contribution is 0.0953. The van der Waals surface area contributed by atoms with Gasteiger partial charge in [-0.15, -0.1) is 0 Å². The predicted octanol–water partition coefficient (Wildman–Crippen LogP) is 3.44. The summed E-state index contributed by atoms with van der Waals surface area (Å²) < 4.78 is 10.2. The van der Waals surface area contributed by atoms with Crippen molar-refractivity contribution in [1.82, 2.24) is 10.5 Å². The molecule has 0 spiro atoms. The summed E-state index contributed by atoms with van der Waals surface area (Å²) in [7, 11) is 0. The van der Waals surface area contributed by atoms with E-state index in [9.17, 15) is 4.79 Å². The topological polar surface area (TPSA) is 94.3 Å². The molecule has 3 aromatic rings. The number of amides is 1. The van der Waals surface area contributed by atoms with Crippen molar-refractivity contribution in [3.05, 3.63) is 59.9 Å². The standard InChI is InChI=1S/C18H19N3O3/c1-12(13-6-3-2-4-7-13)9-10-20-18(22)15-16(21-24-17(15)19)14-8-5-11-23-14/h2-8,11-12H,9-10,19H2,1H3,(H,20,22). The lowest BCUT2D eigenvalue weighted by Gasteiger charge is -2.12. The van der Waals surface area contributed by atoms with E-state index >= 15 is 0 Å². The van der Waals surface area contributed by atoms with Crippen molar-refractivity contribution in [1.29, 1.82) is 0 Å². The molecule has 1 aromatic carbocycles. The van der Waals surface area contributed by atoms with Crippen molar-refractivity contribution in [2.24, 2.45) is 0 Å². The Balaban J connectivity index is 1.63. The van der Waals surface area contributed by atoms with E-state index in [0.29, 0.717) is 23.9 Å². The summed E-state index contributed by atoms with van der Waals surface area (Å²) in [5.74, 6) is 0.449. The van der Waals surface area contributed by atoms with Crippen LogP contribution in [0.15, 0.2) is 57.7 Å². The number of nitrogens with one attached hydrogen (secondary N) is 1. The maximum absolute atomic E-state index is 12.4. The second kappa shape index (κ2) is 7.04. The van der Waals surface area contributed by atoms with Gasteiger partial charge < -0.3 is 20.0 Å². The minimum absolute atomic E-state index is 0.0185. The molecule has 2 aromatic heterocycles. The van der Waals surface area contributed by atoms with Crippen molar-refractivity contribution < 1.29 is 13.7 Å². The van der Waals surface area contributed by atoms with Gasteiger partial charge in [0.2, 0.25) is 5.88 Å². The maximum atomic E-state index is 12.4. The van der Waals surface area contributed by atoms with Gasteiger partial charge in [-0.3, -0.25) is 4.79 Å². The van der Waals surface area contributed by atoms with Crippen molar-refractivity contribution >= 4 is 11.8 Å². The average molecular weight is 325 g/mol. The van der Waals surface area contributed by atoms with Crippen LogP contribution in [0.1, 0.15) is 35.2 Å². The smallest absolute Gasteiger partial charge is 0.259 e. The minimum Gasteiger partial charge on any atom is -0.463 e. The third-order valence-electron chi connectivity index (χ3n) is 3.93. The molecule has 6 heteroatoms. The normalized spacial score (nSPS) is 12.0. The van der Waals surface area contributed by atoms with Crippen molar-refractivity contribution in [2.75, 3.05) is 12.3 Å². The summed E-state index contributed by atoms with van der Waals surface area (Å²) in [4.78, 5) is 12.4. The summed E-state index contributed by atoms with van der Waals surface area (Å²) in [5, 5.41) is 6.68. The first-order valence-electron chi connectivity index (χ1n) is 7.79. The fourth-order valence-electron chi connectivity index (χ4n) is 2.54. The Hall–Kier alpha value is -3.02. The average Bonchev–Trinajstić information content (AvgIpc) is 3.24. The molecule has 124 valence electrons. The number of aromatic nitrogens is 1. The molecule has 0 fully saturated rings. The number of nitrogens with zero attached hydrogens (tertiary/aromatic N) is 1. The molecule has 1 unspecified atom stereocenters. The predicted molar refractivity (Wildman–Crippen MR) is 90.4 cm³/mol. The second-order valence-electron chi connectivity index (χ2n) is 5.60. The number of carbonyl (C=O) groups is 1. The molecule has 0 bridgehead atoms. The Morgan fingerprint density at radius 3 is 2.75 bits per heavy atom. The van der Waals surface area contributed by atoms with Gasteiger partial charge in [-0.1, -0.05) is 42.4 Å². The van der Waals surface area contributed by atoms with Gasteiger partial charge in [-0.25, -0.2) is 0 Å². The molecular weight excluding hydrogens is 306 g/mol. The number of anilines is 1. The number of carbonyl (C=O) groups excluding carboxylic acids is 1. The number of furan rings is 1. The lowest BCUT2D eigenvalue weighted by atomic mass is 9.98. The first-order chi connectivity index (χ1) is 11.7. The van der Waals surface area contributed by atoms with Crippen LogP contribution in [0.4, 0.5) is 5.88 Å². The van der Waals surface area contributed by atoms with Crippen LogP contribution in [0.3, 0.4) is 0 Å². The van der Waals surface area contributed by atoms with Crippen LogP contribution in [-0.4, -0.2) is 17.6 Å². The molecule has 1 amide bonds. The maximum Gasteiger partial charge on any atom is 0.259 e. The van der Waals surface area contributed by atoms with Gasteiger partial charge >= 0.3 is 0 Å². The van der Waals surface area contributed by atoms with E-state index in [0.717, 1.165) is 6.42 Å². The molecule has 1 atom stereocenters. The van der Waals surface area contributed by atoms with Crippen molar-refractivity contribution in [3.63, 3.8) is 0 Å². The van der Waals surface area contributed by atoms with Gasteiger partial charge in [0, 0.05) is 6.54 Å². The first-order valence-corrected chi connectivity index (χ1v) is 7.79. The largest absolute Gasteiger partial charge is 0.463 e. The van der Waals surface area contributed by atoms with Gasteiger partial charge in [-0.2, -0.15) is 0 Å². The first kappa shape index (κ1) is 15.9. The highest BCUT2D eigenvalue weighted by atomic mass is 16.5. The molecule has 0 radical (unpaired) electrons.